The molecule has 2 bridgehead atoms. The molecule has 12 nitrogen and oxygen atoms in total. The number of nitrogen functional groups attached to an aromatic ring is 1. The first-order valence-corrected chi connectivity index (χ1v) is 10.5. The fraction of sp³-hybridized carbons (Fsp3) is 0.684. The first-order chi connectivity index (χ1) is 14.9. The van der Waals surface area contributed by atoms with Crippen molar-refractivity contribution in [2.45, 2.75) is 63.3 Å². The highest BCUT2D eigenvalue weighted by molar-refractivity contribution is 5.83. The number of hydrogen-bond acceptors (Lipinski definition) is 10. The average molecular weight is 435 g/mol. The molecule has 4 rings (SSSR count). The third-order valence-electron chi connectivity index (χ3n) is 5.96. The largest absolute Gasteiger partial charge is 0.393 e. The number of unbranched alkanes of at least 4 members (excludes halogenated alkanes) is 2. The summed E-state index contributed by atoms with van der Waals surface area (Å²) in [5, 5.41) is 26.4. The van der Waals surface area contributed by atoms with Gasteiger partial charge in [-0.05, 0) is 26.2 Å². The van der Waals surface area contributed by atoms with Gasteiger partial charge in [-0.2, -0.15) is 9.97 Å². The molecule has 2 aliphatic rings. The third kappa shape index (κ3) is 3.80. The van der Waals surface area contributed by atoms with Gasteiger partial charge in [0, 0.05) is 20.0 Å². The lowest BCUT2D eigenvalue weighted by Crippen LogP contribution is -2.49. The molecule has 170 valence electrons. The second-order valence-electron chi connectivity index (χ2n) is 8.04. The minimum Gasteiger partial charge on any atom is -0.393 e. The van der Waals surface area contributed by atoms with Gasteiger partial charge in [-0.1, -0.05) is 0 Å². The molecule has 0 aliphatic carbocycles. The van der Waals surface area contributed by atoms with Crippen LogP contribution in [0.1, 0.15) is 39.3 Å². The minimum atomic E-state index is -1.18. The van der Waals surface area contributed by atoms with Crippen molar-refractivity contribution in [2.24, 2.45) is 0 Å². The van der Waals surface area contributed by atoms with Gasteiger partial charge < -0.3 is 36.1 Å². The quantitative estimate of drug-likeness (QED) is 0.325. The van der Waals surface area contributed by atoms with E-state index in [4.69, 9.17) is 15.2 Å². The third-order valence-corrected chi connectivity index (χ3v) is 5.96. The van der Waals surface area contributed by atoms with Gasteiger partial charge in [-0.3, -0.25) is 9.36 Å². The van der Waals surface area contributed by atoms with Gasteiger partial charge >= 0.3 is 0 Å². The molecule has 31 heavy (non-hydrogen) atoms. The highest BCUT2D eigenvalue weighted by Gasteiger charge is 2.65. The molecule has 2 fully saturated rings. The Hall–Kier alpha value is -2.54. The van der Waals surface area contributed by atoms with Gasteiger partial charge in [0.25, 0.3) is 0 Å². The summed E-state index contributed by atoms with van der Waals surface area (Å²) in [6.45, 7) is 4.22. The Balaban J connectivity index is 1.45. The standard InChI is InChI=1S/C19H29N7O5/c1-10-19(8-27)14(29)13(30-10)17(31-19)26-9-23-12-15(20)24-18(25-16(12)26)22-7-5-3-4-6-21-11(2)28/h9-10,13-14,17,27,29H,3-8H2,1-2H3,(H,21,28)(H3,20,22,24,25)/t10-,13+,14-,17?,19-/m0/s1. The summed E-state index contributed by atoms with van der Waals surface area (Å²) in [5.41, 5.74) is 5.78. The predicted molar refractivity (Wildman–Crippen MR) is 111 cm³/mol. The van der Waals surface area contributed by atoms with E-state index in [0.717, 1.165) is 19.3 Å². The van der Waals surface area contributed by atoms with Crippen LogP contribution in [0.2, 0.25) is 0 Å². The topological polar surface area (TPSA) is 170 Å². The van der Waals surface area contributed by atoms with Gasteiger partial charge in [0.1, 0.15) is 23.3 Å². The zero-order valence-electron chi connectivity index (χ0n) is 17.6. The van der Waals surface area contributed by atoms with Crippen LogP contribution >= 0.6 is 0 Å². The Morgan fingerprint density at radius 3 is 2.81 bits per heavy atom. The molecule has 0 radical (unpaired) electrons. The first kappa shape index (κ1) is 21.7. The van der Waals surface area contributed by atoms with Crippen molar-refractivity contribution in [2.75, 3.05) is 30.7 Å². The smallest absolute Gasteiger partial charge is 0.226 e. The van der Waals surface area contributed by atoms with Crippen molar-refractivity contribution in [1.29, 1.82) is 0 Å². The number of nitrogens with two attached hydrogens (primary N) is 1. The number of carbonyl (C=O) groups is 1. The Morgan fingerprint density at radius 2 is 2.10 bits per heavy atom. The van der Waals surface area contributed by atoms with Crippen molar-refractivity contribution in [3.05, 3.63) is 6.33 Å². The number of aliphatic hydroxyl groups excluding tert-OH is 2. The van der Waals surface area contributed by atoms with Crippen LogP contribution in [0.3, 0.4) is 0 Å². The highest BCUT2D eigenvalue weighted by Crippen LogP contribution is 2.48. The van der Waals surface area contributed by atoms with E-state index in [1.54, 1.807) is 11.5 Å². The summed E-state index contributed by atoms with van der Waals surface area (Å²) in [5.74, 6) is 0.568. The second kappa shape index (κ2) is 8.54. The molecule has 4 heterocycles. The predicted octanol–water partition coefficient (Wildman–Crippen LogP) is -0.465. The number of nitrogens with one attached hydrogen (secondary N) is 2. The SMILES string of the molecule is CC(=O)NCCCCCNc1nc(N)c2ncn(C3O[C@@]4(CO)[C@H](C)O[C@@H]3[C@@H]4O)c2n1. The van der Waals surface area contributed by atoms with E-state index >= 15 is 0 Å². The number of anilines is 2. The summed E-state index contributed by atoms with van der Waals surface area (Å²) in [6.07, 6.45) is 1.48. The van der Waals surface area contributed by atoms with Crippen molar-refractivity contribution >= 4 is 28.8 Å². The van der Waals surface area contributed by atoms with E-state index < -0.39 is 30.1 Å². The van der Waals surface area contributed by atoms with Crippen molar-refractivity contribution in [3.8, 4) is 0 Å². The number of aliphatic hydroxyl groups is 2. The normalized spacial score (nSPS) is 29.5. The number of ether oxygens (including phenoxy) is 2. The fourth-order valence-electron chi connectivity index (χ4n) is 4.19. The fourth-order valence-corrected chi connectivity index (χ4v) is 4.19. The maximum absolute atomic E-state index is 10.9. The van der Waals surface area contributed by atoms with Crippen molar-refractivity contribution in [3.63, 3.8) is 0 Å². The average Bonchev–Trinajstić information content (AvgIpc) is 3.35. The number of hydrogen-bond donors (Lipinski definition) is 5. The molecule has 2 aliphatic heterocycles. The van der Waals surface area contributed by atoms with E-state index in [9.17, 15) is 15.0 Å². The molecule has 2 aromatic rings. The molecule has 5 atom stereocenters. The van der Waals surface area contributed by atoms with Crippen molar-refractivity contribution < 1.29 is 24.5 Å². The summed E-state index contributed by atoms with van der Waals surface area (Å²) in [4.78, 5) is 24.0. The molecule has 0 spiro atoms. The van der Waals surface area contributed by atoms with Crippen LogP contribution in [0.5, 0.6) is 0 Å². The summed E-state index contributed by atoms with van der Waals surface area (Å²) >= 11 is 0. The van der Waals surface area contributed by atoms with Crippen LogP contribution in [0, 0.1) is 0 Å². The van der Waals surface area contributed by atoms with Gasteiger partial charge in [-0.25, -0.2) is 4.98 Å². The molecule has 1 unspecified atom stereocenters. The summed E-state index contributed by atoms with van der Waals surface area (Å²) in [6, 6.07) is 0. The minimum absolute atomic E-state index is 0.0244. The van der Waals surface area contributed by atoms with E-state index in [2.05, 4.69) is 25.6 Å². The van der Waals surface area contributed by atoms with Crippen LogP contribution in [0.4, 0.5) is 11.8 Å². The van der Waals surface area contributed by atoms with Gasteiger partial charge in [-0.15, -0.1) is 0 Å². The summed E-state index contributed by atoms with van der Waals surface area (Å²) < 4.78 is 13.5. The molecule has 12 heteroatoms. The molecular weight excluding hydrogens is 406 g/mol. The van der Waals surface area contributed by atoms with E-state index in [-0.39, 0.29) is 18.3 Å². The van der Waals surface area contributed by atoms with Crippen LogP contribution < -0.4 is 16.4 Å². The number of rotatable bonds is 9. The second-order valence-corrected chi connectivity index (χ2v) is 8.04. The number of amides is 1. The highest BCUT2D eigenvalue weighted by atomic mass is 16.7. The zero-order chi connectivity index (χ0) is 22.2. The van der Waals surface area contributed by atoms with Crippen LogP contribution in [0.15, 0.2) is 6.33 Å². The van der Waals surface area contributed by atoms with Crippen LogP contribution in [-0.2, 0) is 14.3 Å². The Morgan fingerprint density at radius 1 is 1.32 bits per heavy atom. The number of aromatic nitrogens is 4. The Bertz CT molecular complexity index is 953. The molecule has 2 saturated heterocycles. The van der Waals surface area contributed by atoms with E-state index in [0.29, 0.717) is 30.2 Å². The molecule has 0 saturated carbocycles. The number of nitrogens with zero attached hydrogens (tertiary/aromatic N) is 4. The molecule has 0 aromatic carbocycles. The lowest BCUT2D eigenvalue weighted by atomic mass is 9.95. The maximum Gasteiger partial charge on any atom is 0.226 e. The van der Waals surface area contributed by atoms with Crippen LogP contribution in [-0.4, -0.2) is 79.2 Å². The van der Waals surface area contributed by atoms with Gasteiger partial charge in [0.05, 0.1) is 19.0 Å². The van der Waals surface area contributed by atoms with E-state index in [1.807, 2.05) is 0 Å². The van der Waals surface area contributed by atoms with E-state index in [1.165, 1.54) is 13.3 Å². The Kier molecular flexibility index (Phi) is 5.97. The summed E-state index contributed by atoms with van der Waals surface area (Å²) in [7, 11) is 0. The molecule has 6 N–H and O–H groups in total. The van der Waals surface area contributed by atoms with Crippen molar-refractivity contribution in [1.82, 2.24) is 24.8 Å². The lowest BCUT2D eigenvalue weighted by molar-refractivity contribution is -0.216. The zero-order valence-corrected chi connectivity index (χ0v) is 17.6. The lowest BCUT2D eigenvalue weighted by Gasteiger charge is -2.34. The monoisotopic (exact) mass is 435 g/mol. The Labute approximate surface area is 179 Å². The van der Waals surface area contributed by atoms with Gasteiger partial charge in [0.2, 0.25) is 11.9 Å². The van der Waals surface area contributed by atoms with Crippen LogP contribution in [0.25, 0.3) is 11.2 Å². The maximum atomic E-state index is 10.9. The number of fused-ring (bicyclic) bond motifs is 3. The molecule has 1 amide bonds. The number of carbonyl (C=O) groups excluding carboxylic acids is 1. The molecule has 2 aromatic heterocycles. The van der Waals surface area contributed by atoms with Gasteiger partial charge in [0.15, 0.2) is 17.7 Å². The molecular formula is C19H29N7O5. The first-order valence-electron chi connectivity index (χ1n) is 10.5. The number of imidazole rings is 1.